The lowest BCUT2D eigenvalue weighted by atomic mass is 10.2. The first-order valence-corrected chi connectivity index (χ1v) is 9.05. The fourth-order valence-corrected chi connectivity index (χ4v) is 3.35. The fourth-order valence-electron chi connectivity index (χ4n) is 2.36. The molecule has 3 rings (SSSR count). The van der Waals surface area contributed by atoms with Gasteiger partial charge in [0.1, 0.15) is 0 Å². The lowest BCUT2D eigenvalue weighted by Gasteiger charge is -2.10. The maximum atomic E-state index is 12.5. The zero-order valence-corrected chi connectivity index (χ0v) is 16.8. The van der Waals surface area contributed by atoms with E-state index in [4.69, 9.17) is 16.3 Å². The molecule has 10 heteroatoms. The lowest BCUT2D eigenvalue weighted by Crippen LogP contribution is -2.32. The number of esters is 1. The van der Waals surface area contributed by atoms with Crippen molar-refractivity contribution in [3.8, 4) is 5.75 Å². The SMILES string of the molecule is COC(=O)COc1c(Cl)cc(C=Nn2c(=O)[nH]c3ccccc3c2=O)cc1Br. The van der Waals surface area contributed by atoms with Crippen molar-refractivity contribution in [2.75, 3.05) is 13.7 Å². The van der Waals surface area contributed by atoms with E-state index in [1.807, 2.05) is 0 Å². The molecule has 28 heavy (non-hydrogen) atoms. The highest BCUT2D eigenvalue weighted by Crippen LogP contribution is 2.34. The molecule has 0 aliphatic carbocycles. The van der Waals surface area contributed by atoms with Gasteiger partial charge in [-0.2, -0.15) is 5.10 Å². The number of fused-ring (bicyclic) bond motifs is 1. The highest BCUT2D eigenvalue weighted by molar-refractivity contribution is 9.10. The van der Waals surface area contributed by atoms with Gasteiger partial charge in [-0.15, -0.1) is 4.68 Å². The molecule has 2 aromatic carbocycles. The number of rotatable bonds is 5. The number of ether oxygens (including phenoxy) is 2. The monoisotopic (exact) mass is 465 g/mol. The summed E-state index contributed by atoms with van der Waals surface area (Å²) in [7, 11) is 1.25. The van der Waals surface area contributed by atoms with Crippen molar-refractivity contribution >= 4 is 50.6 Å². The number of carbonyl (C=O) groups excluding carboxylic acids is 1. The third-order valence-electron chi connectivity index (χ3n) is 3.69. The van der Waals surface area contributed by atoms with Gasteiger partial charge >= 0.3 is 11.7 Å². The van der Waals surface area contributed by atoms with Gasteiger partial charge in [0.05, 0.1) is 33.7 Å². The largest absolute Gasteiger partial charge is 0.479 e. The predicted molar refractivity (Wildman–Crippen MR) is 108 cm³/mol. The van der Waals surface area contributed by atoms with Gasteiger partial charge < -0.3 is 14.5 Å². The number of hydrogen-bond donors (Lipinski definition) is 1. The van der Waals surface area contributed by atoms with Crippen molar-refractivity contribution < 1.29 is 14.3 Å². The molecule has 0 radical (unpaired) electrons. The highest BCUT2D eigenvalue weighted by Gasteiger charge is 2.12. The number of para-hydroxylation sites is 1. The van der Waals surface area contributed by atoms with Crippen molar-refractivity contribution in [3.05, 3.63) is 72.3 Å². The maximum Gasteiger partial charge on any atom is 0.349 e. The Kier molecular flexibility index (Phi) is 5.96. The van der Waals surface area contributed by atoms with E-state index in [-0.39, 0.29) is 17.4 Å². The van der Waals surface area contributed by atoms with E-state index in [1.165, 1.54) is 19.4 Å². The van der Waals surface area contributed by atoms with E-state index >= 15 is 0 Å². The van der Waals surface area contributed by atoms with Crippen LogP contribution >= 0.6 is 27.5 Å². The van der Waals surface area contributed by atoms with E-state index in [9.17, 15) is 14.4 Å². The summed E-state index contributed by atoms with van der Waals surface area (Å²) in [5.74, 6) is -0.298. The summed E-state index contributed by atoms with van der Waals surface area (Å²) in [6.45, 7) is -0.301. The van der Waals surface area contributed by atoms with Crippen molar-refractivity contribution in [1.29, 1.82) is 0 Å². The Balaban J connectivity index is 1.93. The Morgan fingerprint density at radius 3 is 2.79 bits per heavy atom. The molecule has 0 amide bonds. The second-order valence-electron chi connectivity index (χ2n) is 5.52. The summed E-state index contributed by atoms with van der Waals surface area (Å²) in [5, 5.41) is 4.51. The summed E-state index contributed by atoms with van der Waals surface area (Å²) < 4.78 is 11.0. The number of aromatic amines is 1. The average molecular weight is 467 g/mol. The maximum absolute atomic E-state index is 12.5. The first kappa shape index (κ1) is 19.8. The summed E-state index contributed by atoms with van der Waals surface area (Å²) in [4.78, 5) is 38.4. The molecule has 8 nitrogen and oxygen atoms in total. The smallest absolute Gasteiger partial charge is 0.349 e. The van der Waals surface area contributed by atoms with E-state index < -0.39 is 17.2 Å². The number of aromatic nitrogens is 2. The molecule has 0 saturated heterocycles. The van der Waals surface area contributed by atoms with Gasteiger partial charge in [-0.05, 0) is 45.8 Å². The third kappa shape index (κ3) is 4.15. The quantitative estimate of drug-likeness (QED) is 0.460. The van der Waals surface area contributed by atoms with Crippen LogP contribution in [0.4, 0.5) is 0 Å². The standard InChI is InChI=1S/C18H13BrClN3O5/c1-27-15(24)9-28-16-12(19)6-10(7-13(16)20)8-21-23-17(25)11-4-2-3-5-14(11)22-18(23)26/h2-8H,9H2,1H3,(H,22,26). The molecule has 0 bridgehead atoms. The molecule has 0 aliphatic heterocycles. The second-order valence-corrected chi connectivity index (χ2v) is 6.78. The highest BCUT2D eigenvalue weighted by atomic mass is 79.9. The van der Waals surface area contributed by atoms with Gasteiger partial charge in [0.15, 0.2) is 12.4 Å². The molecule has 144 valence electrons. The Morgan fingerprint density at radius 1 is 1.32 bits per heavy atom. The molecule has 1 heterocycles. The molecule has 0 spiro atoms. The van der Waals surface area contributed by atoms with Gasteiger partial charge in [-0.25, -0.2) is 9.59 Å². The first-order valence-electron chi connectivity index (χ1n) is 7.88. The average Bonchev–Trinajstić information content (AvgIpc) is 2.67. The number of nitrogens with one attached hydrogen (secondary N) is 1. The number of halogens is 2. The van der Waals surface area contributed by atoms with E-state index in [0.29, 0.717) is 20.9 Å². The number of H-pyrrole nitrogens is 1. The van der Waals surface area contributed by atoms with Gasteiger partial charge in [0.25, 0.3) is 5.56 Å². The molecular formula is C18H13BrClN3O5. The van der Waals surface area contributed by atoms with E-state index in [1.54, 1.807) is 30.3 Å². The van der Waals surface area contributed by atoms with Gasteiger partial charge in [-0.1, -0.05) is 23.7 Å². The van der Waals surface area contributed by atoms with Crippen LogP contribution < -0.4 is 16.0 Å². The Morgan fingerprint density at radius 2 is 2.07 bits per heavy atom. The number of methoxy groups -OCH3 is 1. The van der Waals surface area contributed by atoms with Crippen LogP contribution in [0, 0.1) is 0 Å². The number of benzene rings is 2. The van der Waals surface area contributed by atoms with Crippen LogP contribution in [0.1, 0.15) is 5.56 Å². The van der Waals surface area contributed by atoms with Gasteiger partial charge in [0.2, 0.25) is 0 Å². The van der Waals surface area contributed by atoms with E-state index in [2.05, 4.69) is 30.8 Å². The second kappa shape index (κ2) is 8.41. The zero-order chi connectivity index (χ0) is 20.3. The zero-order valence-electron chi connectivity index (χ0n) is 14.4. The summed E-state index contributed by atoms with van der Waals surface area (Å²) >= 11 is 9.48. The van der Waals surface area contributed by atoms with Crippen LogP contribution in [0.2, 0.25) is 5.02 Å². The van der Waals surface area contributed by atoms with Crippen molar-refractivity contribution in [1.82, 2.24) is 9.66 Å². The normalized spacial score (nSPS) is 11.1. The summed E-state index contributed by atoms with van der Waals surface area (Å²) in [6.07, 6.45) is 1.31. The molecule has 0 fully saturated rings. The number of nitrogens with zero attached hydrogens (tertiary/aromatic N) is 2. The minimum Gasteiger partial charge on any atom is -0.479 e. The first-order chi connectivity index (χ1) is 13.4. The molecule has 0 saturated carbocycles. The molecule has 0 unspecified atom stereocenters. The molecular weight excluding hydrogens is 454 g/mol. The summed E-state index contributed by atoms with van der Waals surface area (Å²) in [6, 6.07) is 9.77. The van der Waals surface area contributed by atoms with Crippen LogP contribution in [-0.2, 0) is 9.53 Å². The fraction of sp³-hybridized carbons (Fsp3) is 0.111. The predicted octanol–water partition coefficient (Wildman–Crippen LogP) is 2.54. The Labute approximate surface area is 171 Å². The molecule has 3 aromatic rings. The van der Waals surface area contributed by atoms with Gasteiger partial charge in [0, 0.05) is 0 Å². The van der Waals surface area contributed by atoms with Crippen LogP contribution in [0.5, 0.6) is 5.75 Å². The van der Waals surface area contributed by atoms with Crippen LogP contribution in [0.25, 0.3) is 10.9 Å². The lowest BCUT2D eigenvalue weighted by molar-refractivity contribution is -0.142. The number of carbonyl (C=O) groups is 1. The summed E-state index contributed by atoms with van der Waals surface area (Å²) in [5.41, 5.74) is -0.273. The van der Waals surface area contributed by atoms with Crippen LogP contribution in [0.15, 0.2) is 55.6 Å². The topological polar surface area (TPSA) is 103 Å². The Bertz CT molecular complexity index is 1180. The Hall–Kier alpha value is -2.91. The van der Waals surface area contributed by atoms with Crippen molar-refractivity contribution in [2.45, 2.75) is 0 Å². The minimum atomic E-state index is -0.664. The van der Waals surface area contributed by atoms with Crippen LogP contribution in [0.3, 0.4) is 0 Å². The molecule has 1 aromatic heterocycles. The molecule has 1 N–H and O–H groups in total. The van der Waals surface area contributed by atoms with Gasteiger partial charge in [-0.3, -0.25) is 4.79 Å². The third-order valence-corrected chi connectivity index (χ3v) is 4.56. The van der Waals surface area contributed by atoms with E-state index in [0.717, 1.165) is 4.68 Å². The molecule has 0 aliphatic rings. The minimum absolute atomic E-state index is 0.208. The molecule has 0 atom stereocenters. The van der Waals surface area contributed by atoms with Crippen molar-refractivity contribution in [3.63, 3.8) is 0 Å². The van der Waals surface area contributed by atoms with Crippen molar-refractivity contribution in [2.24, 2.45) is 5.10 Å². The van der Waals surface area contributed by atoms with Crippen LogP contribution in [-0.4, -0.2) is 35.6 Å². The number of hydrogen-bond acceptors (Lipinski definition) is 6.